The molecule has 1 aromatic rings. The minimum absolute atomic E-state index is 0. The van der Waals surface area contributed by atoms with E-state index in [1.54, 1.807) is 0 Å². The van der Waals surface area contributed by atoms with Crippen LogP contribution < -0.4 is 5.32 Å². The van der Waals surface area contributed by atoms with Crippen molar-refractivity contribution in [3.8, 4) is 0 Å². The van der Waals surface area contributed by atoms with E-state index in [2.05, 4.69) is 71.6 Å². The van der Waals surface area contributed by atoms with Crippen molar-refractivity contribution >= 4 is 41.7 Å². The van der Waals surface area contributed by atoms with E-state index in [-0.39, 0.29) is 29.5 Å². The average molecular weight is 448 g/mol. The van der Waals surface area contributed by atoms with Crippen LogP contribution in [0.3, 0.4) is 0 Å². The van der Waals surface area contributed by atoms with Gasteiger partial charge in [-0.2, -0.15) is 11.8 Å². The molecule has 0 radical (unpaired) electrons. The molecule has 1 aromatic carbocycles. The number of nitrogens with zero attached hydrogens (tertiary/aromatic N) is 3. The van der Waals surface area contributed by atoms with Gasteiger partial charge in [0.1, 0.15) is 0 Å². The highest BCUT2D eigenvalue weighted by Gasteiger charge is 2.36. The molecule has 6 heteroatoms. The standard InChI is InChI=1S/C17H28N4S.HI/c1-18-16(21(4)12-15-8-6-5-7-9-15)19-13-17(20(2)3)10-11-22-14-17;/h5-9H,10-14H2,1-4H3,(H,18,19);1H. The topological polar surface area (TPSA) is 30.9 Å². The van der Waals surface area contributed by atoms with Crippen LogP contribution in [0.15, 0.2) is 35.3 Å². The van der Waals surface area contributed by atoms with Gasteiger partial charge in [0.2, 0.25) is 0 Å². The summed E-state index contributed by atoms with van der Waals surface area (Å²) in [5.41, 5.74) is 1.54. The third-order valence-electron chi connectivity index (χ3n) is 4.44. The molecule has 130 valence electrons. The molecular weight excluding hydrogens is 419 g/mol. The lowest BCUT2D eigenvalue weighted by atomic mass is 9.97. The summed E-state index contributed by atoms with van der Waals surface area (Å²) in [6, 6.07) is 10.5. The number of likely N-dealkylation sites (N-methyl/N-ethyl adjacent to an activating group) is 1. The quantitative estimate of drug-likeness (QED) is 0.427. The lowest BCUT2D eigenvalue weighted by Crippen LogP contribution is -2.54. The Morgan fingerprint density at radius 1 is 1.26 bits per heavy atom. The second-order valence-electron chi connectivity index (χ2n) is 6.16. The molecule has 1 saturated heterocycles. The van der Waals surface area contributed by atoms with Gasteiger partial charge in [0.05, 0.1) is 0 Å². The molecule has 1 unspecified atom stereocenters. The van der Waals surface area contributed by atoms with Crippen LogP contribution in [0.2, 0.25) is 0 Å². The molecule has 4 nitrogen and oxygen atoms in total. The van der Waals surface area contributed by atoms with Crippen molar-refractivity contribution in [3.05, 3.63) is 35.9 Å². The Morgan fingerprint density at radius 2 is 1.96 bits per heavy atom. The fraction of sp³-hybridized carbons (Fsp3) is 0.588. The Hall–Kier alpha value is -0.470. The molecule has 2 rings (SSSR count). The zero-order valence-electron chi connectivity index (χ0n) is 14.6. The number of guanidine groups is 1. The number of nitrogens with one attached hydrogen (secondary N) is 1. The maximum absolute atomic E-state index is 4.44. The largest absolute Gasteiger partial charge is 0.354 e. The first-order valence-electron chi connectivity index (χ1n) is 7.78. The molecule has 0 aromatic heterocycles. The second-order valence-corrected chi connectivity index (χ2v) is 7.27. The van der Waals surface area contributed by atoms with Crippen LogP contribution >= 0.6 is 35.7 Å². The highest BCUT2D eigenvalue weighted by molar-refractivity contribution is 14.0. The first kappa shape index (κ1) is 20.6. The summed E-state index contributed by atoms with van der Waals surface area (Å²) in [5, 5.41) is 3.57. The Bertz CT molecular complexity index is 487. The van der Waals surface area contributed by atoms with Gasteiger partial charge in [-0.3, -0.25) is 4.99 Å². The molecule has 0 saturated carbocycles. The van der Waals surface area contributed by atoms with Gasteiger partial charge in [0.15, 0.2) is 5.96 Å². The highest BCUT2D eigenvalue weighted by Crippen LogP contribution is 2.31. The van der Waals surface area contributed by atoms with Crippen molar-refractivity contribution in [3.63, 3.8) is 0 Å². The monoisotopic (exact) mass is 448 g/mol. The van der Waals surface area contributed by atoms with Gasteiger partial charge in [0, 0.05) is 38.5 Å². The zero-order chi connectivity index (χ0) is 16.0. The van der Waals surface area contributed by atoms with Crippen molar-refractivity contribution < 1.29 is 0 Å². The van der Waals surface area contributed by atoms with Gasteiger partial charge >= 0.3 is 0 Å². The first-order valence-corrected chi connectivity index (χ1v) is 8.94. The molecule has 1 fully saturated rings. The Morgan fingerprint density at radius 3 is 2.48 bits per heavy atom. The third kappa shape index (κ3) is 5.53. The van der Waals surface area contributed by atoms with Crippen LogP contribution in [0.1, 0.15) is 12.0 Å². The zero-order valence-corrected chi connectivity index (χ0v) is 17.7. The predicted molar refractivity (Wildman–Crippen MR) is 113 cm³/mol. The van der Waals surface area contributed by atoms with E-state index in [4.69, 9.17) is 0 Å². The van der Waals surface area contributed by atoms with E-state index < -0.39 is 0 Å². The first-order chi connectivity index (χ1) is 10.6. The van der Waals surface area contributed by atoms with E-state index in [1.165, 1.54) is 23.5 Å². The summed E-state index contributed by atoms with van der Waals surface area (Å²) < 4.78 is 0. The van der Waals surface area contributed by atoms with Gasteiger partial charge in [0.25, 0.3) is 0 Å². The van der Waals surface area contributed by atoms with Crippen LogP contribution in [-0.2, 0) is 6.54 Å². The van der Waals surface area contributed by atoms with Crippen molar-refractivity contribution in [1.29, 1.82) is 0 Å². The number of halogens is 1. The van der Waals surface area contributed by atoms with Crippen LogP contribution in [0.4, 0.5) is 0 Å². The molecule has 23 heavy (non-hydrogen) atoms. The minimum atomic E-state index is 0. The third-order valence-corrected chi connectivity index (χ3v) is 5.68. The SMILES string of the molecule is CN=C(NCC1(N(C)C)CCSC1)N(C)Cc1ccccc1.I. The van der Waals surface area contributed by atoms with E-state index in [1.807, 2.05) is 18.8 Å². The Balaban J connectivity index is 0.00000264. The number of hydrogen-bond donors (Lipinski definition) is 1. The van der Waals surface area contributed by atoms with Crippen LogP contribution in [0.5, 0.6) is 0 Å². The maximum atomic E-state index is 4.44. The molecular formula is C17H29IN4S. The minimum Gasteiger partial charge on any atom is -0.354 e. The van der Waals surface area contributed by atoms with Gasteiger partial charge in [-0.1, -0.05) is 30.3 Å². The molecule has 0 spiro atoms. The number of thioether (sulfide) groups is 1. The van der Waals surface area contributed by atoms with E-state index in [9.17, 15) is 0 Å². The summed E-state index contributed by atoms with van der Waals surface area (Å²) in [4.78, 5) is 8.99. The molecule has 0 aliphatic carbocycles. The predicted octanol–water partition coefficient (Wildman–Crippen LogP) is 2.75. The van der Waals surface area contributed by atoms with Crippen LogP contribution in [0.25, 0.3) is 0 Å². The fourth-order valence-electron chi connectivity index (χ4n) is 2.81. The smallest absolute Gasteiger partial charge is 0.193 e. The molecule has 0 amide bonds. The van der Waals surface area contributed by atoms with Gasteiger partial charge in [-0.15, -0.1) is 24.0 Å². The van der Waals surface area contributed by atoms with Crippen molar-refractivity contribution in [1.82, 2.24) is 15.1 Å². The summed E-state index contributed by atoms with van der Waals surface area (Å²) >= 11 is 2.04. The Labute approximate surface area is 162 Å². The van der Waals surface area contributed by atoms with Gasteiger partial charge < -0.3 is 15.1 Å². The number of benzene rings is 1. The Kier molecular flexibility index (Phi) is 8.71. The van der Waals surface area contributed by atoms with Crippen LogP contribution in [0, 0.1) is 0 Å². The van der Waals surface area contributed by atoms with Gasteiger partial charge in [-0.05, 0) is 31.8 Å². The number of aliphatic imine (C=N–C) groups is 1. The van der Waals surface area contributed by atoms with Gasteiger partial charge in [-0.25, -0.2) is 0 Å². The normalized spacial score (nSPS) is 21.2. The molecule has 0 bridgehead atoms. The van der Waals surface area contributed by atoms with Crippen molar-refractivity contribution in [2.75, 3.05) is 46.2 Å². The maximum Gasteiger partial charge on any atom is 0.193 e. The fourth-order valence-corrected chi connectivity index (χ4v) is 4.36. The lowest BCUT2D eigenvalue weighted by Gasteiger charge is -2.37. The van der Waals surface area contributed by atoms with E-state index in [0.717, 1.165) is 19.0 Å². The molecule has 1 N–H and O–H groups in total. The molecule has 1 atom stereocenters. The number of hydrogen-bond acceptors (Lipinski definition) is 3. The second kappa shape index (κ2) is 9.74. The van der Waals surface area contributed by atoms with E-state index >= 15 is 0 Å². The summed E-state index contributed by atoms with van der Waals surface area (Å²) in [5.74, 6) is 3.40. The van der Waals surface area contributed by atoms with Crippen molar-refractivity contribution in [2.45, 2.75) is 18.5 Å². The molecule has 1 heterocycles. The number of rotatable bonds is 5. The average Bonchev–Trinajstić information content (AvgIpc) is 2.99. The summed E-state index contributed by atoms with van der Waals surface area (Å²) in [6.07, 6.45) is 1.23. The summed E-state index contributed by atoms with van der Waals surface area (Å²) in [7, 11) is 8.32. The van der Waals surface area contributed by atoms with E-state index in [0.29, 0.717) is 0 Å². The lowest BCUT2D eigenvalue weighted by molar-refractivity contribution is 0.181. The summed E-state index contributed by atoms with van der Waals surface area (Å²) in [6.45, 7) is 1.81. The molecule has 1 aliphatic rings. The highest BCUT2D eigenvalue weighted by atomic mass is 127. The van der Waals surface area contributed by atoms with Crippen molar-refractivity contribution in [2.24, 2.45) is 4.99 Å². The molecule has 1 aliphatic heterocycles. The van der Waals surface area contributed by atoms with Crippen LogP contribution in [-0.4, -0.2) is 67.5 Å².